The number of carbonyl (C=O) groups is 2. The summed E-state index contributed by atoms with van der Waals surface area (Å²) in [6.45, 7) is 0.563. The summed E-state index contributed by atoms with van der Waals surface area (Å²) in [6, 6.07) is -1.20. The van der Waals surface area contributed by atoms with E-state index in [0.717, 1.165) is 19.3 Å². The van der Waals surface area contributed by atoms with E-state index in [0.29, 0.717) is 51.7 Å². The molecule has 0 aromatic heterocycles. The zero-order valence-corrected chi connectivity index (χ0v) is 20.3. The minimum Gasteiger partial charge on any atom is -0.394 e. The smallest absolute Gasteiger partial charge is 0.222 e. The van der Waals surface area contributed by atoms with Crippen LogP contribution in [0.25, 0.3) is 0 Å². The van der Waals surface area contributed by atoms with E-state index in [4.69, 9.17) is 15.2 Å². The number of nitrogens with two attached hydrogens (primary N) is 1. The van der Waals surface area contributed by atoms with E-state index >= 15 is 0 Å². The first-order valence-electron chi connectivity index (χ1n) is 12.6. The number of unbranched alkanes of at least 4 members (excludes halogenated alkanes) is 4. The molecule has 2 amide bonds. The number of hydrogen-bond acceptors (Lipinski definition) is 10. The highest BCUT2D eigenvalue weighted by atomic mass is 16.7. The first kappa shape index (κ1) is 29.8. The molecule has 7 atom stereocenters. The van der Waals surface area contributed by atoms with Gasteiger partial charge in [0.1, 0.15) is 18.3 Å². The normalized spacial score (nSPS) is 31.0. The quantitative estimate of drug-likeness (QED) is 0.122. The molecule has 0 aromatic rings. The van der Waals surface area contributed by atoms with Crippen molar-refractivity contribution in [3.05, 3.63) is 0 Å². The highest BCUT2D eigenvalue weighted by Crippen LogP contribution is 2.21. The van der Waals surface area contributed by atoms with Crippen LogP contribution in [0, 0.1) is 0 Å². The largest absolute Gasteiger partial charge is 0.394 e. The van der Waals surface area contributed by atoms with Crippen molar-refractivity contribution in [2.45, 2.75) is 101 Å². The van der Waals surface area contributed by atoms with E-state index in [-0.39, 0.29) is 31.0 Å². The van der Waals surface area contributed by atoms with Gasteiger partial charge in [0.2, 0.25) is 11.8 Å². The van der Waals surface area contributed by atoms with Crippen LogP contribution in [0.2, 0.25) is 0 Å². The van der Waals surface area contributed by atoms with E-state index < -0.39 is 43.4 Å². The number of β-amino-alcohol motifs (C(OH)–C–C–N with tert-alkyl or cyclic N) is 1. The Morgan fingerprint density at radius 3 is 2.40 bits per heavy atom. The van der Waals surface area contributed by atoms with E-state index in [2.05, 4.69) is 5.32 Å². The molecular weight excluding hydrogens is 462 g/mol. The molecule has 12 heteroatoms. The van der Waals surface area contributed by atoms with Gasteiger partial charge in [0.05, 0.1) is 31.4 Å². The van der Waals surface area contributed by atoms with Gasteiger partial charge in [-0.2, -0.15) is 0 Å². The van der Waals surface area contributed by atoms with Gasteiger partial charge >= 0.3 is 0 Å². The average molecular weight is 506 g/mol. The Morgan fingerprint density at radius 1 is 0.971 bits per heavy atom. The molecule has 0 radical (unpaired) electrons. The van der Waals surface area contributed by atoms with Crippen LogP contribution >= 0.6 is 0 Å². The van der Waals surface area contributed by atoms with Gasteiger partial charge in [0.25, 0.3) is 0 Å². The summed E-state index contributed by atoms with van der Waals surface area (Å²) in [5.41, 5.74) is 5.82. The molecule has 0 spiro atoms. The minimum absolute atomic E-state index is 0.0284. The van der Waals surface area contributed by atoms with Crippen molar-refractivity contribution in [1.82, 2.24) is 10.2 Å². The number of nitrogens with zero attached hydrogens (tertiary/aromatic N) is 1. The summed E-state index contributed by atoms with van der Waals surface area (Å²) in [6.07, 6.45) is 0.648. The van der Waals surface area contributed by atoms with Crippen LogP contribution in [0.4, 0.5) is 0 Å². The lowest BCUT2D eigenvalue weighted by Gasteiger charge is -2.40. The Balaban J connectivity index is 1.45. The molecule has 0 aliphatic carbocycles. The van der Waals surface area contributed by atoms with Crippen molar-refractivity contribution in [3.8, 4) is 0 Å². The zero-order chi connectivity index (χ0) is 25.8. The van der Waals surface area contributed by atoms with Crippen LogP contribution in [0.3, 0.4) is 0 Å². The summed E-state index contributed by atoms with van der Waals surface area (Å²) >= 11 is 0. The maximum absolute atomic E-state index is 12.2. The molecule has 0 saturated carbocycles. The molecule has 2 saturated heterocycles. The van der Waals surface area contributed by atoms with Crippen molar-refractivity contribution in [1.29, 1.82) is 0 Å². The monoisotopic (exact) mass is 505 g/mol. The molecule has 12 nitrogen and oxygen atoms in total. The number of likely N-dealkylation sites (tertiary alicyclic amines) is 1. The summed E-state index contributed by atoms with van der Waals surface area (Å²) in [7, 11) is 0. The predicted octanol–water partition coefficient (Wildman–Crippen LogP) is -2.04. The van der Waals surface area contributed by atoms with E-state index in [1.165, 1.54) is 0 Å². The third-order valence-electron chi connectivity index (χ3n) is 6.57. The van der Waals surface area contributed by atoms with Gasteiger partial charge in [-0.15, -0.1) is 0 Å². The lowest BCUT2D eigenvalue weighted by Crippen LogP contribution is -2.62. The van der Waals surface area contributed by atoms with Crippen LogP contribution in [0.1, 0.15) is 57.8 Å². The third kappa shape index (κ3) is 9.54. The number of hydrogen-bond donors (Lipinski definition) is 7. The molecule has 8 N–H and O–H groups in total. The first-order valence-corrected chi connectivity index (χ1v) is 12.6. The maximum Gasteiger partial charge on any atom is 0.222 e. The molecule has 204 valence electrons. The van der Waals surface area contributed by atoms with Crippen LogP contribution in [-0.4, -0.2) is 118 Å². The number of ether oxygens (including phenoxy) is 2. The number of nitrogens with one attached hydrogen (secondary N) is 1. The van der Waals surface area contributed by atoms with Gasteiger partial charge in [-0.1, -0.05) is 12.8 Å². The van der Waals surface area contributed by atoms with Crippen molar-refractivity contribution in [2.75, 3.05) is 32.9 Å². The molecular formula is C23H43N3O9. The lowest BCUT2D eigenvalue weighted by atomic mass is 9.98. The fraction of sp³-hybridized carbons (Fsp3) is 0.913. The molecule has 2 fully saturated rings. The second-order valence-electron chi connectivity index (χ2n) is 9.40. The van der Waals surface area contributed by atoms with Gasteiger partial charge in [-0.05, 0) is 32.1 Å². The molecule has 2 unspecified atom stereocenters. The Bertz CT molecular complexity index is 639. The fourth-order valence-electron chi connectivity index (χ4n) is 4.43. The molecule has 2 aliphatic rings. The number of carbonyl (C=O) groups excluding carboxylic acids is 2. The third-order valence-corrected chi connectivity index (χ3v) is 6.57. The summed E-state index contributed by atoms with van der Waals surface area (Å²) in [4.78, 5) is 25.8. The van der Waals surface area contributed by atoms with Crippen molar-refractivity contribution >= 4 is 11.8 Å². The van der Waals surface area contributed by atoms with Crippen molar-refractivity contribution in [3.63, 3.8) is 0 Å². The van der Waals surface area contributed by atoms with Crippen LogP contribution in [-0.2, 0) is 19.1 Å². The number of aliphatic hydroxyl groups excluding tert-OH is 5. The lowest BCUT2D eigenvalue weighted by molar-refractivity contribution is -0.265. The van der Waals surface area contributed by atoms with Gasteiger partial charge in [-0.25, -0.2) is 0 Å². The van der Waals surface area contributed by atoms with E-state index in [1.807, 2.05) is 0 Å². The molecule has 35 heavy (non-hydrogen) atoms. The standard InChI is InChI=1S/C23H43N3O9/c24-20-22(33)21(32)17(14-28)35-23(20)34-10-6-2-3-7-18(30)25-9-5-1-4-8-19(31)26-12-16(29)11-15(26)13-27/h15-17,20-23,27-29,32-33H,1-14,24H2,(H,25,30)/t15-,16+,17?,20-,21-,22?,23+/m0/s1. The average Bonchev–Trinajstić information content (AvgIpc) is 3.23. The van der Waals surface area contributed by atoms with Crippen LogP contribution in [0.15, 0.2) is 0 Å². The highest BCUT2D eigenvalue weighted by molar-refractivity contribution is 5.77. The Hall–Kier alpha value is -1.38. The second-order valence-corrected chi connectivity index (χ2v) is 9.40. The molecule has 0 aromatic carbocycles. The summed E-state index contributed by atoms with van der Waals surface area (Å²) in [5, 5.41) is 50.7. The number of rotatable bonds is 15. The fourth-order valence-corrected chi connectivity index (χ4v) is 4.43. The zero-order valence-electron chi connectivity index (χ0n) is 20.3. The molecule has 2 aliphatic heterocycles. The van der Waals surface area contributed by atoms with E-state index in [1.54, 1.807) is 4.90 Å². The van der Waals surface area contributed by atoms with Gasteiger partial charge < -0.3 is 51.0 Å². The Kier molecular flexibility index (Phi) is 13.4. The van der Waals surface area contributed by atoms with Gasteiger partial charge in [0.15, 0.2) is 6.29 Å². The molecule has 0 bridgehead atoms. The predicted molar refractivity (Wildman–Crippen MR) is 125 cm³/mol. The second kappa shape index (κ2) is 15.7. The topological polar surface area (TPSA) is 195 Å². The van der Waals surface area contributed by atoms with E-state index in [9.17, 15) is 35.1 Å². The highest BCUT2D eigenvalue weighted by Gasteiger charge is 2.42. The SMILES string of the molecule is N[C@H]1C(O)[C@@H](O)C(CO)O[C@H]1OCCCCCC(=O)NCCCCCC(=O)N1C[C@H](O)C[C@H]1CO. The van der Waals surface area contributed by atoms with Crippen LogP contribution in [0.5, 0.6) is 0 Å². The maximum atomic E-state index is 12.2. The van der Waals surface area contributed by atoms with Gasteiger partial charge in [0, 0.05) is 32.5 Å². The Labute approximate surface area is 206 Å². The number of aliphatic hydroxyl groups is 5. The van der Waals surface area contributed by atoms with Gasteiger partial charge in [-0.3, -0.25) is 9.59 Å². The summed E-state index contributed by atoms with van der Waals surface area (Å²) in [5.74, 6) is -0.0768. The number of amides is 2. The van der Waals surface area contributed by atoms with Crippen LogP contribution < -0.4 is 11.1 Å². The van der Waals surface area contributed by atoms with Crippen molar-refractivity contribution in [2.24, 2.45) is 5.73 Å². The first-order chi connectivity index (χ1) is 16.8. The molecule has 2 heterocycles. The minimum atomic E-state index is -1.26. The summed E-state index contributed by atoms with van der Waals surface area (Å²) < 4.78 is 10.9. The molecule has 2 rings (SSSR count). The van der Waals surface area contributed by atoms with Crippen molar-refractivity contribution < 1.29 is 44.6 Å². The Morgan fingerprint density at radius 2 is 1.69 bits per heavy atom.